The number of hydrogen-bond donors (Lipinski definition) is 0. The molecule has 0 aliphatic rings. The zero-order valence-corrected chi connectivity index (χ0v) is 14.0. The quantitative estimate of drug-likeness (QED) is 0.338. The molecule has 0 aliphatic carbocycles. The van der Waals surface area contributed by atoms with E-state index in [1.165, 1.54) is 0 Å². The van der Waals surface area contributed by atoms with Crippen LogP contribution in [0.3, 0.4) is 0 Å². The van der Waals surface area contributed by atoms with Gasteiger partial charge in [-0.05, 0) is 18.1 Å². The monoisotopic (exact) mass is 292 g/mol. The lowest BCUT2D eigenvalue weighted by Crippen LogP contribution is -2.40. The molecule has 0 atom stereocenters. The summed E-state index contributed by atoms with van der Waals surface area (Å²) in [6.07, 6.45) is 1.61. The van der Waals surface area contributed by atoms with E-state index in [1.54, 1.807) is 0 Å². The Morgan fingerprint density at radius 3 is 2.17 bits per heavy atom. The van der Waals surface area contributed by atoms with Crippen molar-refractivity contribution in [2.75, 3.05) is 19.5 Å². The Kier molecular flexibility index (Phi) is 6.58. The van der Waals surface area contributed by atoms with Crippen molar-refractivity contribution in [2.24, 2.45) is 0 Å². The molecular weight excluding hydrogens is 268 g/mol. The van der Waals surface area contributed by atoms with Crippen molar-refractivity contribution in [3.8, 4) is 11.8 Å². The molecule has 0 unspecified atom stereocenters. The van der Waals surface area contributed by atoms with Gasteiger partial charge in [0.25, 0.3) is 10.1 Å². The minimum absolute atomic E-state index is 0.0844. The van der Waals surface area contributed by atoms with Crippen LogP contribution in [0.25, 0.3) is 0 Å². The summed E-state index contributed by atoms with van der Waals surface area (Å²) in [5, 5.41) is 0.194. The highest BCUT2D eigenvalue weighted by Crippen LogP contribution is 2.36. The molecule has 0 saturated carbocycles. The first-order valence-corrected chi connectivity index (χ1v) is 10.6. The Bertz CT molecular complexity index is 410. The fourth-order valence-electron chi connectivity index (χ4n) is 0.850. The van der Waals surface area contributed by atoms with Crippen LogP contribution in [-0.2, 0) is 18.7 Å². The van der Waals surface area contributed by atoms with Gasteiger partial charge >= 0.3 is 0 Å². The van der Waals surface area contributed by atoms with Gasteiger partial charge < -0.3 is 4.43 Å². The van der Waals surface area contributed by atoms with Crippen LogP contribution in [0.1, 0.15) is 27.2 Å². The second kappa shape index (κ2) is 6.71. The van der Waals surface area contributed by atoms with E-state index in [-0.39, 0.29) is 11.6 Å². The van der Waals surface area contributed by atoms with Gasteiger partial charge in [-0.15, -0.1) is 0 Å². The molecular formula is C12H24O4SSi. The molecule has 0 amide bonds. The van der Waals surface area contributed by atoms with Gasteiger partial charge in [-0.25, -0.2) is 0 Å². The summed E-state index contributed by atoms with van der Waals surface area (Å²) in [6.45, 7) is 11.4. The van der Waals surface area contributed by atoms with Crippen LogP contribution < -0.4 is 0 Å². The van der Waals surface area contributed by atoms with Gasteiger partial charge in [0, 0.05) is 13.0 Å². The first-order chi connectivity index (χ1) is 7.96. The van der Waals surface area contributed by atoms with Gasteiger partial charge in [-0.3, -0.25) is 4.18 Å². The molecule has 6 heteroatoms. The smallest absolute Gasteiger partial charge is 0.265 e. The maximum absolute atomic E-state index is 10.7. The van der Waals surface area contributed by atoms with Crippen LogP contribution in [0.5, 0.6) is 0 Å². The Hall–Kier alpha value is -0.353. The summed E-state index contributed by atoms with van der Waals surface area (Å²) in [7, 11) is -5.08. The fourth-order valence-corrected chi connectivity index (χ4v) is 2.17. The highest BCUT2D eigenvalue weighted by atomic mass is 32.2. The second-order valence-corrected chi connectivity index (χ2v) is 12.1. The summed E-state index contributed by atoms with van der Waals surface area (Å²) in [5.74, 6) is 5.49. The Morgan fingerprint density at radius 2 is 1.72 bits per heavy atom. The van der Waals surface area contributed by atoms with Crippen LogP contribution in [0.4, 0.5) is 0 Å². The van der Waals surface area contributed by atoms with E-state index in [9.17, 15) is 8.42 Å². The van der Waals surface area contributed by atoms with Gasteiger partial charge in [0.05, 0.1) is 6.26 Å². The maximum Gasteiger partial charge on any atom is 0.265 e. The van der Waals surface area contributed by atoms with Gasteiger partial charge in [0.15, 0.2) is 8.32 Å². The molecule has 0 aromatic heterocycles. The fraction of sp³-hybridized carbons (Fsp3) is 0.833. The molecule has 4 nitrogen and oxygen atoms in total. The molecule has 0 spiro atoms. The maximum atomic E-state index is 10.7. The minimum atomic E-state index is -3.39. The third kappa shape index (κ3) is 7.87. The molecule has 106 valence electrons. The van der Waals surface area contributed by atoms with Crippen molar-refractivity contribution >= 4 is 18.4 Å². The standard InChI is InChI=1S/C12H24O4SSi/c1-12(2,3)18(5,6)16-11-9-7-8-10-15-17(4,13)14/h9-11H2,1-6H3. The molecule has 18 heavy (non-hydrogen) atoms. The highest BCUT2D eigenvalue weighted by Gasteiger charge is 2.36. The molecule has 0 aromatic carbocycles. The minimum Gasteiger partial charge on any atom is -0.416 e. The lowest BCUT2D eigenvalue weighted by Gasteiger charge is -2.35. The summed E-state index contributed by atoms with van der Waals surface area (Å²) in [4.78, 5) is 0. The first kappa shape index (κ1) is 17.6. The van der Waals surface area contributed by atoms with Crippen LogP contribution in [0, 0.1) is 11.8 Å². The van der Waals surface area contributed by atoms with E-state index in [2.05, 4.69) is 49.9 Å². The molecule has 0 fully saturated rings. The summed E-state index contributed by atoms with van der Waals surface area (Å²) < 4.78 is 31.7. The Morgan fingerprint density at radius 1 is 1.17 bits per heavy atom. The van der Waals surface area contributed by atoms with Gasteiger partial charge in [0.2, 0.25) is 0 Å². The lowest BCUT2D eigenvalue weighted by molar-refractivity contribution is 0.296. The Balaban J connectivity index is 3.92. The largest absolute Gasteiger partial charge is 0.416 e. The van der Waals surface area contributed by atoms with Crippen molar-refractivity contribution in [3.05, 3.63) is 0 Å². The summed E-state index contributed by atoms with van der Waals surface area (Å²) in [5.41, 5.74) is 0. The molecule has 0 aromatic rings. The van der Waals surface area contributed by atoms with E-state index in [0.717, 1.165) is 6.26 Å². The van der Waals surface area contributed by atoms with Crippen molar-refractivity contribution < 1.29 is 17.0 Å². The predicted molar refractivity (Wildman–Crippen MR) is 76.3 cm³/mol. The van der Waals surface area contributed by atoms with Crippen molar-refractivity contribution in [2.45, 2.75) is 45.3 Å². The number of rotatable bonds is 5. The van der Waals surface area contributed by atoms with Crippen molar-refractivity contribution in [1.29, 1.82) is 0 Å². The van der Waals surface area contributed by atoms with E-state index in [4.69, 9.17) is 4.43 Å². The van der Waals surface area contributed by atoms with Crippen LogP contribution >= 0.6 is 0 Å². The normalized spacial score (nSPS) is 13.0. The third-order valence-corrected chi connectivity index (χ3v) is 8.05. The SMILES string of the molecule is CC(C)(C)[Si](C)(C)OCCC#CCOS(C)(=O)=O. The summed E-state index contributed by atoms with van der Waals surface area (Å²) >= 11 is 0. The first-order valence-electron chi connectivity index (χ1n) is 5.90. The Labute approximate surface area is 112 Å². The average Bonchev–Trinajstić information content (AvgIpc) is 2.12. The topological polar surface area (TPSA) is 52.6 Å². The molecule has 0 radical (unpaired) electrons. The highest BCUT2D eigenvalue weighted by molar-refractivity contribution is 7.86. The lowest BCUT2D eigenvalue weighted by atomic mass is 10.2. The van der Waals surface area contributed by atoms with Crippen LogP contribution in [0.2, 0.25) is 18.1 Å². The third-order valence-electron chi connectivity index (χ3n) is 2.97. The van der Waals surface area contributed by atoms with Gasteiger partial charge in [0.1, 0.15) is 6.61 Å². The molecule has 0 heterocycles. The predicted octanol–water partition coefficient (Wildman–Crippen LogP) is 2.38. The molecule has 0 saturated heterocycles. The van der Waals surface area contributed by atoms with Crippen molar-refractivity contribution in [3.63, 3.8) is 0 Å². The molecule has 0 N–H and O–H groups in total. The van der Waals surface area contributed by atoms with E-state index in [0.29, 0.717) is 13.0 Å². The van der Waals surface area contributed by atoms with Crippen LogP contribution in [-0.4, -0.2) is 36.2 Å². The zero-order chi connectivity index (χ0) is 14.4. The van der Waals surface area contributed by atoms with Crippen molar-refractivity contribution in [1.82, 2.24) is 0 Å². The second-order valence-electron chi connectivity index (χ2n) is 5.68. The van der Waals surface area contributed by atoms with Gasteiger partial charge in [-0.2, -0.15) is 8.42 Å². The zero-order valence-electron chi connectivity index (χ0n) is 12.2. The van der Waals surface area contributed by atoms with E-state index >= 15 is 0 Å². The average molecular weight is 292 g/mol. The molecule has 0 bridgehead atoms. The number of hydrogen-bond acceptors (Lipinski definition) is 4. The molecule has 0 rings (SSSR count). The van der Waals surface area contributed by atoms with Gasteiger partial charge in [-0.1, -0.05) is 32.6 Å². The van der Waals surface area contributed by atoms with Crippen LogP contribution in [0.15, 0.2) is 0 Å². The van der Waals surface area contributed by atoms with E-state index in [1.807, 2.05) is 0 Å². The summed E-state index contributed by atoms with van der Waals surface area (Å²) in [6, 6.07) is 0. The molecule has 0 aliphatic heterocycles. The van der Waals surface area contributed by atoms with E-state index < -0.39 is 18.4 Å².